The second kappa shape index (κ2) is 14.1. The fraction of sp³-hybridized carbons (Fsp3) is 0.448. The average molecular weight is 715 g/mol. The van der Waals surface area contributed by atoms with Crippen molar-refractivity contribution in [2.75, 3.05) is 25.4 Å². The van der Waals surface area contributed by atoms with Crippen molar-refractivity contribution in [2.24, 2.45) is 17.0 Å². The highest BCUT2D eigenvalue weighted by Gasteiger charge is 2.57. The number of H-pyrrole nitrogens is 1. The quantitative estimate of drug-likeness (QED) is 0.0629. The van der Waals surface area contributed by atoms with Gasteiger partial charge in [-0.3, -0.25) is 19.1 Å². The zero-order valence-corrected chi connectivity index (χ0v) is 28.1. The highest BCUT2D eigenvalue weighted by molar-refractivity contribution is 7.80. The molecule has 0 bridgehead atoms. The van der Waals surface area contributed by atoms with Crippen LogP contribution in [-0.4, -0.2) is 91.3 Å². The van der Waals surface area contributed by atoms with Gasteiger partial charge in [-0.15, -0.1) is 25.8 Å². The van der Waals surface area contributed by atoms with Crippen LogP contribution in [0.2, 0.25) is 0 Å². The summed E-state index contributed by atoms with van der Waals surface area (Å²) in [6.07, 6.45) is 1.76. The molecule has 2 aliphatic heterocycles. The Morgan fingerprint density at radius 3 is 2.69 bits per heavy atom. The molecule has 6 rings (SSSR count). The van der Waals surface area contributed by atoms with Gasteiger partial charge >= 0.3 is 10.4 Å². The molecule has 20 heteroatoms. The lowest BCUT2D eigenvalue weighted by Crippen LogP contribution is -2.68. The predicted octanol–water partition coefficient (Wildman–Crippen LogP) is 1.80. The molecule has 18 nitrogen and oxygen atoms in total. The molecule has 1 amide bonds. The number of piperidine rings is 1. The van der Waals surface area contributed by atoms with E-state index in [1.54, 1.807) is 6.07 Å². The van der Waals surface area contributed by atoms with Crippen LogP contribution >= 0.6 is 11.3 Å². The number of oxime groups is 1. The summed E-state index contributed by atoms with van der Waals surface area (Å²) < 4.78 is 41.9. The summed E-state index contributed by atoms with van der Waals surface area (Å²) in [6, 6.07) is 9.58. The monoisotopic (exact) mass is 714 g/mol. The zero-order chi connectivity index (χ0) is 34.8. The number of pyridine rings is 1. The van der Waals surface area contributed by atoms with E-state index in [0.717, 1.165) is 60.3 Å². The van der Waals surface area contributed by atoms with Gasteiger partial charge in [-0.25, -0.2) is 4.98 Å². The van der Waals surface area contributed by atoms with Crippen molar-refractivity contribution < 1.29 is 36.4 Å². The summed E-state index contributed by atoms with van der Waals surface area (Å²) in [5, 5.41) is 24.4. The van der Waals surface area contributed by atoms with Gasteiger partial charge in [-0.1, -0.05) is 16.4 Å². The zero-order valence-electron chi connectivity index (χ0n) is 26.5. The number of nitrogens with two attached hydrogens (primary N) is 1. The highest BCUT2D eigenvalue weighted by Crippen LogP contribution is 2.40. The Bertz CT molecular complexity index is 1960. The Hall–Kier alpha value is -4.63. The summed E-state index contributed by atoms with van der Waals surface area (Å²) in [7, 11) is -4.96. The second-order valence-corrected chi connectivity index (χ2v) is 14.1. The number of amides is 1. The number of aromatic nitrogens is 6. The third-order valence-electron chi connectivity index (χ3n) is 8.46. The minimum absolute atomic E-state index is 0.0895. The average Bonchev–Trinajstić information content (AvgIpc) is 3.76. The summed E-state index contributed by atoms with van der Waals surface area (Å²) in [5.74, 6) is -1.26. The molecule has 2 fully saturated rings. The van der Waals surface area contributed by atoms with Crippen LogP contribution in [0.5, 0.6) is 5.75 Å². The van der Waals surface area contributed by atoms with E-state index >= 15 is 0 Å². The molecular weight excluding hydrogens is 681 g/mol. The van der Waals surface area contributed by atoms with Crippen LogP contribution in [0.4, 0.5) is 5.13 Å². The lowest BCUT2D eigenvalue weighted by Gasteiger charge is -2.50. The number of carbonyl (C=O) groups is 2. The molecule has 2 aliphatic rings. The van der Waals surface area contributed by atoms with E-state index < -0.39 is 46.1 Å². The van der Waals surface area contributed by atoms with Gasteiger partial charge in [0.1, 0.15) is 18.1 Å². The number of ketones is 1. The first-order valence-corrected chi connectivity index (χ1v) is 17.6. The van der Waals surface area contributed by atoms with E-state index in [-0.39, 0.29) is 29.0 Å². The van der Waals surface area contributed by atoms with E-state index in [1.165, 1.54) is 19.2 Å². The molecule has 5 heterocycles. The van der Waals surface area contributed by atoms with Crippen LogP contribution in [0, 0.1) is 11.8 Å². The van der Waals surface area contributed by atoms with E-state index in [2.05, 4.69) is 40.4 Å². The maximum atomic E-state index is 13.6. The Kier molecular flexibility index (Phi) is 9.84. The summed E-state index contributed by atoms with van der Waals surface area (Å²) >= 11 is 1.06. The SMILES string of the molecule is CC1(C)C(CC(=O)/C(=N\O[C@H](COc2ccc3nc(CC4CCNCC4)ccc3c2)c2nn[nH]n2)c2csc(N)n2)C(=O)N1OS(=O)(=O)O. The highest BCUT2D eigenvalue weighted by atomic mass is 32.3. The van der Waals surface area contributed by atoms with Gasteiger partial charge in [-0.2, -0.15) is 18.7 Å². The number of nitrogens with one attached hydrogen (secondary N) is 2. The molecule has 4 aromatic rings. The van der Waals surface area contributed by atoms with Crippen LogP contribution < -0.4 is 15.8 Å². The maximum absolute atomic E-state index is 13.6. The van der Waals surface area contributed by atoms with Crippen molar-refractivity contribution in [1.29, 1.82) is 0 Å². The maximum Gasteiger partial charge on any atom is 0.418 e. The predicted molar refractivity (Wildman–Crippen MR) is 174 cm³/mol. The summed E-state index contributed by atoms with van der Waals surface area (Å²) in [6.45, 7) is 4.89. The minimum atomic E-state index is -4.96. The summed E-state index contributed by atoms with van der Waals surface area (Å²) in [5.41, 5.74) is 6.30. The van der Waals surface area contributed by atoms with E-state index in [9.17, 15) is 18.0 Å². The number of tetrazole rings is 1. The number of ether oxygens (including phenoxy) is 1. The van der Waals surface area contributed by atoms with Gasteiger partial charge in [0.2, 0.25) is 11.9 Å². The number of β-lactam (4-membered cyclic amide) rings is 1. The van der Waals surface area contributed by atoms with Gasteiger partial charge in [0, 0.05) is 22.9 Å². The smallest absolute Gasteiger partial charge is 0.418 e. The first kappa shape index (κ1) is 34.2. The Balaban J connectivity index is 1.17. The second-order valence-electron chi connectivity index (χ2n) is 12.2. The Morgan fingerprint density at radius 1 is 1.22 bits per heavy atom. The largest absolute Gasteiger partial charge is 0.489 e. The molecule has 0 aliphatic carbocycles. The molecule has 0 saturated carbocycles. The van der Waals surface area contributed by atoms with Crippen LogP contribution in [-0.2, 0) is 35.5 Å². The third kappa shape index (κ3) is 7.99. The molecule has 5 N–H and O–H groups in total. The molecule has 2 saturated heterocycles. The number of hydrogen-bond acceptors (Lipinski definition) is 16. The van der Waals surface area contributed by atoms with Crippen molar-refractivity contribution in [1.82, 2.24) is 41.0 Å². The van der Waals surface area contributed by atoms with Crippen molar-refractivity contribution in [3.05, 3.63) is 52.9 Å². The number of rotatable bonds is 14. The molecular formula is C29H34N10O8S2. The number of hydroxylamine groups is 2. The number of thiazole rings is 1. The van der Waals surface area contributed by atoms with Crippen LogP contribution in [0.1, 0.15) is 56.4 Å². The Morgan fingerprint density at radius 2 is 2.02 bits per heavy atom. The molecule has 3 aromatic heterocycles. The molecule has 2 atom stereocenters. The van der Waals surface area contributed by atoms with Crippen LogP contribution in [0.3, 0.4) is 0 Å². The van der Waals surface area contributed by atoms with Gasteiger partial charge < -0.3 is 20.6 Å². The number of carbonyl (C=O) groups excluding carboxylic acids is 2. The number of nitrogen functional groups attached to an aromatic ring is 1. The lowest BCUT2D eigenvalue weighted by molar-refractivity contribution is -0.228. The first-order chi connectivity index (χ1) is 23.4. The minimum Gasteiger partial charge on any atom is -0.489 e. The lowest BCUT2D eigenvalue weighted by atomic mass is 9.74. The van der Waals surface area contributed by atoms with E-state index in [4.69, 9.17) is 24.8 Å². The molecule has 0 radical (unpaired) electrons. The van der Waals surface area contributed by atoms with Crippen molar-refractivity contribution in [3.8, 4) is 5.75 Å². The number of anilines is 1. The number of benzene rings is 1. The number of aromatic amines is 1. The molecule has 49 heavy (non-hydrogen) atoms. The van der Waals surface area contributed by atoms with E-state index in [1.807, 2.05) is 24.3 Å². The van der Waals surface area contributed by atoms with Gasteiger partial charge in [-0.05, 0) is 76.4 Å². The molecule has 1 unspecified atom stereocenters. The fourth-order valence-corrected chi connectivity index (χ4v) is 6.77. The third-order valence-corrected chi connectivity index (χ3v) is 9.47. The van der Waals surface area contributed by atoms with Gasteiger partial charge in [0.15, 0.2) is 16.6 Å². The van der Waals surface area contributed by atoms with Gasteiger partial charge in [0.05, 0.1) is 17.0 Å². The number of fused-ring (bicyclic) bond motifs is 1. The van der Waals surface area contributed by atoms with Crippen molar-refractivity contribution in [2.45, 2.75) is 51.2 Å². The molecule has 260 valence electrons. The molecule has 0 spiro atoms. The fourth-order valence-electron chi connectivity index (χ4n) is 5.76. The summed E-state index contributed by atoms with van der Waals surface area (Å²) in [4.78, 5) is 41.0. The van der Waals surface area contributed by atoms with Crippen LogP contribution in [0.15, 0.2) is 40.9 Å². The topological polar surface area (TPSA) is 250 Å². The normalized spacial score (nSPS) is 19.1. The van der Waals surface area contributed by atoms with Crippen LogP contribution in [0.25, 0.3) is 10.9 Å². The standard InChI is InChI=1S/C29H34N10O8S2/c1-29(2)20(27(41)39(29)47-49(42,43)44)13-23(40)25(22-15-48-28(30)33-22)36-46-24(26-34-37-38-35-26)14-45-19-5-6-21-17(12-19)3-4-18(32-21)11-16-7-9-31-10-8-16/h3-6,12,15-16,20,24,31H,7-11,13-14H2,1-2H3,(H2,30,33)(H,42,43,44)(H,34,35,37,38)/b36-25-/t20?,24-/m1/s1. The Labute approximate surface area is 284 Å². The van der Waals surface area contributed by atoms with Crippen molar-refractivity contribution >= 4 is 55.2 Å². The number of nitrogens with zero attached hydrogens (tertiary/aromatic N) is 7. The van der Waals surface area contributed by atoms with Crippen molar-refractivity contribution in [3.63, 3.8) is 0 Å². The first-order valence-electron chi connectivity index (χ1n) is 15.3. The molecule has 1 aromatic carbocycles. The number of hydrogen-bond donors (Lipinski definition) is 4. The van der Waals surface area contributed by atoms with E-state index in [0.29, 0.717) is 16.7 Å². The number of Topliss-reactive ketones (excluding diaryl/α,β-unsaturated/α-hetero) is 1. The van der Waals surface area contributed by atoms with Gasteiger partial charge in [0.25, 0.3) is 5.91 Å².